The van der Waals surface area contributed by atoms with Crippen molar-refractivity contribution < 1.29 is 9.59 Å². The topological polar surface area (TPSA) is 63.4 Å². The molecule has 0 spiro atoms. The van der Waals surface area contributed by atoms with Crippen LogP contribution in [-0.2, 0) is 9.59 Å². The first-order valence-electron chi connectivity index (χ1n) is 6.33. The standard InChI is InChI=1S/C14H16N2O2/c1-8-7-9(15)5-6-12(8)16-13(17)10-3-2-4-11(10)14(16)18/h5-7,10-11H,2-4,15H2,1H3. The molecule has 2 unspecified atom stereocenters. The molecule has 4 heteroatoms. The summed E-state index contributed by atoms with van der Waals surface area (Å²) in [4.78, 5) is 26.0. The Hall–Kier alpha value is -1.84. The van der Waals surface area contributed by atoms with Crippen molar-refractivity contribution in [1.29, 1.82) is 0 Å². The van der Waals surface area contributed by atoms with E-state index in [0.29, 0.717) is 11.4 Å². The minimum absolute atomic E-state index is 0.0321. The number of anilines is 2. The van der Waals surface area contributed by atoms with Crippen LogP contribution in [0.3, 0.4) is 0 Å². The Balaban J connectivity index is 2.02. The molecular formula is C14H16N2O2. The van der Waals surface area contributed by atoms with Crippen LogP contribution in [0.1, 0.15) is 24.8 Å². The van der Waals surface area contributed by atoms with Gasteiger partial charge in [0.05, 0.1) is 17.5 Å². The van der Waals surface area contributed by atoms with E-state index >= 15 is 0 Å². The average molecular weight is 244 g/mol. The van der Waals surface area contributed by atoms with E-state index in [9.17, 15) is 9.59 Å². The molecular weight excluding hydrogens is 228 g/mol. The fourth-order valence-corrected chi connectivity index (χ4v) is 3.16. The number of carbonyl (C=O) groups is 2. The lowest BCUT2D eigenvalue weighted by Gasteiger charge is -2.18. The van der Waals surface area contributed by atoms with Gasteiger partial charge in [0.15, 0.2) is 0 Å². The van der Waals surface area contributed by atoms with E-state index in [1.165, 1.54) is 4.90 Å². The number of hydrogen-bond donors (Lipinski definition) is 1. The number of imide groups is 1. The van der Waals surface area contributed by atoms with Crippen molar-refractivity contribution in [2.45, 2.75) is 26.2 Å². The molecule has 2 atom stereocenters. The number of carbonyl (C=O) groups excluding carboxylic acids is 2. The third-order valence-corrected chi connectivity index (χ3v) is 4.05. The number of fused-ring (bicyclic) bond motifs is 1. The molecule has 2 fully saturated rings. The van der Waals surface area contributed by atoms with E-state index in [4.69, 9.17) is 5.73 Å². The molecule has 1 aliphatic carbocycles. The van der Waals surface area contributed by atoms with Gasteiger partial charge in [0.2, 0.25) is 11.8 Å². The summed E-state index contributed by atoms with van der Waals surface area (Å²) < 4.78 is 0. The molecule has 0 radical (unpaired) electrons. The van der Waals surface area contributed by atoms with Crippen molar-refractivity contribution in [2.24, 2.45) is 11.8 Å². The maximum absolute atomic E-state index is 12.3. The molecule has 1 aromatic carbocycles. The van der Waals surface area contributed by atoms with Crippen molar-refractivity contribution in [3.05, 3.63) is 23.8 Å². The molecule has 1 heterocycles. The quantitative estimate of drug-likeness (QED) is 0.606. The zero-order chi connectivity index (χ0) is 12.9. The Labute approximate surface area is 106 Å². The summed E-state index contributed by atoms with van der Waals surface area (Å²) >= 11 is 0. The molecule has 94 valence electrons. The highest BCUT2D eigenvalue weighted by atomic mass is 16.2. The van der Waals surface area contributed by atoms with Gasteiger partial charge in [0.1, 0.15) is 0 Å². The highest BCUT2D eigenvalue weighted by Gasteiger charge is 2.50. The molecule has 1 saturated carbocycles. The van der Waals surface area contributed by atoms with Crippen LogP contribution in [0.4, 0.5) is 11.4 Å². The third-order valence-electron chi connectivity index (χ3n) is 4.05. The predicted octanol–water partition coefficient (Wildman–Crippen LogP) is 1.87. The average Bonchev–Trinajstić information content (AvgIpc) is 2.87. The Morgan fingerprint density at radius 2 is 1.78 bits per heavy atom. The van der Waals surface area contributed by atoms with E-state index in [-0.39, 0.29) is 23.7 Å². The van der Waals surface area contributed by atoms with Crippen LogP contribution in [0.5, 0.6) is 0 Å². The Morgan fingerprint density at radius 3 is 2.33 bits per heavy atom. The van der Waals surface area contributed by atoms with E-state index in [2.05, 4.69) is 0 Å². The molecule has 1 aliphatic heterocycles. The molecule has 2 aliphatic rings. The Kier molecular flexibility index (Phi) is 2.40. The van der Waals surface area contributed by atoms with Crippen molar-refractivity contribution in [2.75, 3.05) is 10.6 Å². The number of rotatable bonds is 1. The fraction of sp³-hybridized carbons (Fsp3) is 0.429. The van der Waals surface area contributed by atoms with Gasteiger partial charge in [-0.15, -0.1) is 0 Å². The number of benzene rings is 1. The first-order chi connectivity index (χ1) is 8.59. The minimum atomic E-state index is -0.0885. The van der Waals surface area contributed by atoms with Gasteiger partial charge < -0.3 is 5.73 Å². The summed E-state index contributed by atoms with van der Waals surface area (Å²) in [6.07, 6.45) is 2.68. The number of nitrogen functional groups attached to an aromatic ring is 1. The van der Waals surface area contributed by atoms with Gasteiger partial charge in [0.25, 0.3) is 0 Å². The first-order valence-corrected chi connectivity index (χ1v) is 6.33. The van der Waals surface area contributed by atoms with Crippen molar-refractivity contribution in [3.63, 3.8) is 0 Å². The molecule has 1 saturated heterocycles. The second-order valence-electron chi connectivity index (χ2n) is 5.20. The normalized spacial score (nSPS) is 26.8. The van der Waals surface area contributed by atoms with Crippen molar-refractivity contribution in [1.82, 2.24) is 0 Å². The van der Waals surface area contributed by atoms with Crippen molar-refractivity contribution in [3.8, 4) is 0 Å². The largest absolute Gasteiger partial charge is 0.399 e. The van der Waals surface area contributed by atoms with Crippen LogP contribution < -0.4 is 10.6 Å². The van der Waals surface area contributed by atoms with E-state index in [1.807, 2.05) is 6.92 Å². The maximum Gasteiger partial charge on any atom is 0.237 e. The summed E-state index contributed by atoms with van der Waals surface area (Å²) in [5, 5.41) is 0. The SMILES string of the molecule is Cc1cc(N)ccc1N1C(=O)C2CCCC2C1=O. The second-order valence-corrected chi connectivity index (χ2v) is 5.20. The van der Waals surface area contributed by atoms with E-state index in [0.717, 1.165) is 24.8 Å². The van der Waals surface area contributed by atoms with Crippen LogP contribution in [0, 0.1) is 18.8 Å². The van der Waals surface area contributed by atoms with Gasteiger partial charge in [-0.25, -0.2) is 4.90 Å². The Morgan fingerprint density at radius 1 is 1.17 bits per heavy atom. The summed E-state index contributed by atoms with van der Waals surface area (Å²) in [6, 6.07) is 5.29. The van der Waals surface area contributed by atoms with Gasteiger partial charge in [-0.05, 0) is 43.5 Å². The molecule has 4 nitrogen and oxygen atoms in total. The van der Waals surface area contributed by atoms with Gasteiger partial charge in [-0.1, -0.05) is 6.42 Å². The fourth-order valence-electron chi connectivity index (χ4n) is 3.16. The van der Waals surface area contributed by atoms with Gasteiger partial charge in [-0.2, -0.15) is 0 Å². The van der Waals surface area contributed by atoms with Gasteiger partial charge in [-0.3, -0.25) is 9.59 Å². The molecule has 2 amide bonds. The molecule has 3 rings (SSSR count). The van der Waals surface area contributed by atoms with Crippen molar-refractivity contribution >= 4 is 23.2 Å². The smallest absolute Gasteiger partial charge is 0.237 e. The lowest BCUT2D eigenvalue weighted by atomic mass is 10.00. The number of amides is 2. The number of hydrogen-bond acceptors (Lipinski definition) is 3. The predicted molar refractivity (Wildman–Crippen MR) is 68.9 cm³/mol. The van der Waals surface area contributed by atoms with Crippen LogP contribution in [-0.4, -0.2) is 11.8 Å². The van der Waals surface area contributed by atoms with Gasteiger partial charge >= 0.3 is 0 Å². The van der Waals surface area contributed by atoms with Crippen LogP contribution >= 0.6 is 0 Å². The monoisotopic (exact) mass is 244 g/mol. The van der Waals surface area contributed by atoms with Gasteiger partial charge in [0, 0.05) is 5.69 Å². The van der Waals surface area contributed by atoms with Crippen LogP contribution in [0.25, 0.3) is 0 Å². The summed E-state index contributed by atoms with van der Waals surface area (Å²) in [5.41, 5.74) is 7.91. The molecule has 0 bridgehead atoms. The Bertz CT molecular complexity index is 517. The number of nitrogens with two attached hydrogens (primary N) is 1. The molecule has 2 N–H and O–H groups in total. The highest BCUT2D eigenvalue weighted by molar-refractivity contribution is 6.22. The number of aryl methyl sites for hydroxylation is 1. The molecule has 0 aromatic heterocycles. The lowest BCUT2D eigenvalue weighted by molar-refractivity contribution is -0.122. The summed E-state index contributed by atoms with van der Waals surface area (Å²) in [5.74, 6) is -0.241. The summed E-state index contributed by atoms with van der Waals surface area (Å²) in [6.45, 7) is 1.88. The highest BCUT2D eigenvalue weighted by Crippen LogP contribution is 2.42. The molecule has 18 heavy (non-hydrogen) atoms. The minimum Gasteiger partial charge on any atom is -0.399 e. The van der Waals surface area contributed by atoms with E-state index < -0.39 is 0 Å². The zero-order valence-corrected chi connectivity index (χ0v) is 10.3. The molecule has 1 aromatic rings. The number of nitrogens with zero attached hydrogens (tertiary/aromatic N) is 1. The van der Waals surface area contributed by atoms with Crippen LogP contribution in [0.2, 0.25) is 0 Å². The maximum atomic E-state index is 12.3. The third kappa shape index (κ3) is 1.45. The first kappa shape index (κ1) is 11.3. The van der Waals surface area contributed by atoms with E-state index in [1.54, 1.807) is 18.2 Å². The second kappa shape index (κ2) is 3.83. The summed E-state index contributed by atoms with van der Waals surface area (Å²) in [7, 11) is 0. The lowest BCUT2D eigenvalue weighted by Crippen LogP contribution is -2.32. The zero-order valence-electron chi connectivity index (χ0n) is 10.3. The van der Waals surface area contributed by atoms with Crippen LogP contribution in [0.15, 0.2) is 18.2 Å².